The van der Waals surface area contributed by atoms with Gasteiger partial charge in [-0.2, -0.15) is 5.10 Å². The van der Waals surface area contributed by atoms with E-state index in [-0.39, 0.29) is 5.91 Å². The van der Waals surface area contributed by atoms with Crippen molar-refractivity contribution in [3.63, 3.8) is 0 Å². The molecule has 0 aliphatic rings. The third-order valence-electron chi connectivity index (χ3n) is 4.96. The lowest BCUT2D eigenvalue weighted by molar-refractivity contribution is 0.0955. The van der Waals surface area contributed by atoms with E-state index in [0.717, 1.165) is 39.2 Å². The summed E-state index contributed by atoms with van der Waals surface area (Å²) in [5.41, 5.74) is 4.21. The average Bonchev–Trinajstić information content (AvgIpc) is 3.33. The maximum absolute atomic E-state index is 12.7. The summed E-state index contributed by atoms with van der Waals surface area (Å²) in [7, 11) is 3.55. The van der Waals surface area contributed by atoms with E-state index in [2.05, 4.69) is 41.6 Å². The van der Waals surface area contributed by atoms with Crippen LogP contribution in [0.2, 0.25) is 0 Å². The Balaban J connectivity index is 1.57. The van der Waals surface area contributed by atoms with Gasteiger partial charge in [0.25, 0.3) is 5.91 Å². The van der Waals surface area contributed by atoms with Crippen molar-refractivity contribution in [3.05, 3.63) is 70.6 Å². The van der Waals surface area contributed by atoms with Crippen molar-refractivity contribution in [1.82, 2.24) is 15.1 Å². The van der Waals surface area contributed by atoms with Crippen molar-refractivity contribution >= 4 is 27.5 Å². The average molecular weight is 406 g/mol. The second-order valence-electron chi connectivity index (χ2n) is 6.89. The zero-order chi connectivity index (χ0) is 20.4. The molecule has 0 radical (unpaired) electrons. The Hall–Kier alpha value is -3.12. The quantitative estimate of drug-likeness (QED) is 0.501. The minimum atomic E-state index is -0.0673. The molecule has 0 spiro atoms. The molecule has 4 rings (SSSR count). The van der Waals surface area contributed by atoms with Crippen LogP contribution in [0.1, 0.15) is 27.7 Å². The highest BCUT2D eigenvalue weighted by atomic mass is 32.1. The van der Waals surface area contributed by atoms with Gasteiger partial charge < -0.3 is 10.1 Å². The van der Waals surface area contributed by atoms with Gasteiger partial charge in [-0.3, -0.25) is 9.48 Å². The molecule has 0 saturated heterocycles. The molecule has 0 aliphatic heterocycles. The molecule has 0 atom stereocenters. The predicted octanol–water partition coefficient (Wildman–Crippen LogP) is 4.80. The first kappa shape index (κ1) is 19.2. The molecule has 0 fully saturated rings. The number of aromatic nitrogens is 2. The number of carbonyl (C=O) groups excluding carboxylic acids is 1. The normalized spacial score (nSPS) is 11.0. The van der Waals surface area contributed by atoms with Gasteiger partial charge in [0.05, 0.1) is 12.0 Å². The number of benzene rings is 2. The monoisotopic (exact) mass is 405 g/mol. The number of nitrogens with one attached hydrogen (secondary N) is 1. The molecule has 4 aromatic rings. The summed E-state index contributed by atoms with van der Waals surface area (Å²) in [6.07, 6.45) is 1.01. The van der Waals surface area contributed by atoms with Gasteiger partial charge in [0, 0.05) is 24.5 Å². The molecular weight excluding hydrogens is 382 g/mol. The highest BCUT2D eigenvalue weighted by molar-refractivity contribution is 7.20. The summed E-state index contributed by atoms with van der Waals surface area (Å²) in [5, 5.41) is 8.64. The van der Waals surface area contributed by atoms with Crippen molar-refractivity contribution < 1.29 is 9.53 Å². The number of aryl methyl sites for hydroxylation is 2. The fraction of sp³-hybridized carbons (Fsp3) is 0.217. The third kappa shape index (κ3) is 3.89. The van der Waals surface area contributed by atoms with Crippen molar-refractivity contribution in [2.75, 3.05) is 7.11 Å². The molecule has 6 heteroatoms. The standard InChI is InChI=1S/C23H23N3O2S/c1-4-15-8-10-16(11-9-15)14-24-22(27)20-13-19-21(25-26(2)23(19)29-20)17-6-5-7-18(12-17)28-3/h5-13H,4,14H2,1-3H3,(H,24,27). The molecule has 2 aromatic heterocycles. The number of hydrogen-bond donors (Lipinski definition) is 1. The van der Waals surface area contributed by atoms with Gasteiger partial charge in [-0.1, -0.05) is 43.3 Å². The molecule has 5 nitrogen and oxygen atoms in total. The van der Waals surface area contributed by atoms with Gasteiger partial charge >= 0.3 is 0 Å². The Morgan fingerprint density at radius 2 is 1.90 bits per heavy atom. The van der Waals surface area contributed by atoms with Crippen LogP contribution in [0.4, 0.5) is 0 Å². The first-order valence-electron chi connectivity index (χ1n) is 9.56. The van der Waals surface area contributed by atoms with Crippen molar-refractivity contribution in [2.24, 2.45) is 7.05 Å². The molecule has 2 heterocycles. The Morgan fingerprint density at radius 1 is 1.14 bits per heavy atom. The number of methoxy groups -OCH3 is 1. The number of ether oxygens (including phenoxy) is 1. The zero-order valence-corrected chi connectivity index (χ0v) is 17.5. The number of amides is 1. The SMILES string of the molecule is CCc1ccc(CNC(=O)c2cc3c(-c4cccc(OC)c4)nn(C)c3s2)cc1. The van der Waals surface area contributed by atoms with E-state index in [1.165, 1.54) is 16.9 Å². The van der Waals surface area contributed by atoms with Crippen LogP contribution in [0.5, 0.6) is 5.75 Å². The summed E-state index contributed by atoms with van der Waals surface area (Å²) in [6.45, 7) is 2.64. The lowest BCUT2D eigenvalue weighted by Crippen LogP contribution is -2.21. The molecule has 148 valence electrons. The molecule has 1 N–H and O–H groups in total. The van der Waals surface area contributed by atoms with Crippen molar-refractivity contribution in [2.45, 2.75) is 19.9 Å². The summed E-state index contributed by atoms with van der Waals surface area (Å²) in [6, 6.07) is 18.1. The maximum Gasteiger partial charge on any atom is 0.261 e. The Kier molecular flexibility index (Phi) is 5.36. The van der Waals surface area contributed by atoms with Crippen molar-refractivity contribution in [1.29, 1.82) is 0 Å². The van der Waals surface area contributed by atoms with Crippen LogP contribution in [0.25, 0.3) is 21.5 Å². The fourth-order valence-corrected chi connectivity index (χ4v) is 4.29. The highest BCUT2D eigenvalue weighted by Crippen LogP contribution is 2.34. The molecular formula is C23H23N3O2S. The number of thiophene rings is 1. The minimum absolute atomic E-state index is 0.0673. The van der Waals surface area contributed by atoms with Gasteiger partial charge in [0.1, 0.15) is 16.3 Å². The molecule has 1 amide bonds. The van der Waals surface area contributed by atoms with E-state index < -0.39 is 0 Å². The summed E-state index contributed by atoms with van der Waals surface area (Å²) >= 11 is 1.46. The van der Waals surface area contributed by atoms with Crippen LogP contribution < -0.4 is 10.1 Å². The van der Waals surface area contributed by atoms with E-state index in [9.17, 15) is 4.79 Å². The van der Waals surface area contributed by atoms with E-state index in [0.29, 0.717) is 11.4 Å². The Morgan fingerprint density at radius 3 is 2.62 bits per heavy atom. The molecule has 2 aromatic carbocycles. The molecule has 0 saturated carbocycles. The summed E-state index contributed by atoms with van der Waals surface area (Å²) < 4.78 is 7.16. The smallest absolute Gasteiger partial charge is 0.261 e. The molecule has 0 unspecified atom stereocenters. The van der Waals surface area contributed by atoms with Crippen LogP contribution >= 0.6 is 11.3 Å². The minimum Gasteiger partial charge on any atom is -0.497 e. The molecule has 29 heavy (non-hydrogen) atoms. The third-order valence-corrected chi connectivity index (χ3v) is 6.16. The van der Waals surface area contributed by atoms with Gasteiger partial charge in [-0.25, -0.2) is 0 Å². The number of hydrogen-bond acceptors (Lipinski definition) is 4. The first-order chi connectivity index (χ1) is 14.1. The second-order valence-corrected chi connectivity index (χ2v) is 7.92. The second kappa shape index (κ2) is 8.09. The van der Waals surface area contributed by atoms with Gasteiger partial charge in [-0.15, -0.1) is 11.3 Å². The van der Waals surface area contributed by atoms with Crippen LogP contribution in [-0.4, -0.2) is 22.8 Å². The van der Waals surface area contributed by atoms with E-state index in [1.54, 1.807) is 7.11 Å². The lowest BCUT2D eigenvalue weighted by atomic mass is 10.1. The molecule has 0 bridgehead atoms. The van der Waals surface area contributed by atoms with Gasteiger partial charge in [0.2, 0.25) is 0 Å². The number of carbonyl (C=O) groups is 1. The van der Waals surface area contributed by atoms with Crippen LogP contribution in [0.3, 0.4) is 0 Å². The first-order valence-corrected chi connectivity index (χ1v) is 10.4. The van der Waals surface area contributed by atoms with Crippen LogP contribution in [0, 0.1) is 0 Å². The molecule has 0 aliphatic carbocycles. The lowest BCUT2D eigenvalue weighted by Gasteiger charge is -2.05. The van der Waals surface area contributed by atoms with Gasteiger partial charge in [0.15, 0.2) is 0 Å². The summed E-state index contributed by atoms with van der Waals surface area (Å²) in [4.78, 5) is 14.4. The van der Waals surface area contributed by atoms with E-state index in [1.807, 2.05) is 42.1 Å². The highest BCUT2D eigenvalue weighted by Gasteiger charge is 2.18. The number of fused-ring (bicyclic) bond motifs is 1. The fourth-order valence-electron chi connectivity index (χ4n) is 3.30. The summed E-state index contributed by atoms with van der Waals surface area (Å²) in [5.74, 6) is 0.714. The van der Waals surface area contributed by atoms with Crippen LogP contribution in [-0.2, 0) is 20.0 Å². The van der Waals surface area contributed by atoms with Crippen LogP contribution in [0.15, 0.2) is 54.6 Å². The Bertz CT molecular complexity index is 1160. The van der Waals surface area contributed by atoms with E-state index in [4.69, 9.17) is 4.74 Å². The zero-order valence-electron chi connectivity index (χ0n) is 16.7. The maximum atomic E-state index is 12.7. The number of nitrogens with zero attached hydrogens (tertiary/aromatic N) is 2. The van der Waals surface area contributed by atoms with E-state index >= 15 is 0 Å². The largest absolute Gasteiger partial charge is 0.497 e. The van der Waals surface area contributed by atoms with Crippen molar-refractivity contribution in [3.8, 4) is 17.0 Å². The topological polar surface area (TPSA) is 56.1 Å². The predicted molar refractivity (Wildman–Crippen MR) is 118 cm³/mol. The Labute approximate surface area is 173 Å². The number of rotatable bonds is 6. The van der Waals surface area contributed by atoms with Gasteiger partial charge in [-0.05, 0) is 35.7 Å².